The fourth-order valence-corrected chi connectivity index (χ4v) is 2.45. The van der Waals surface area contributed by atoms with Crippen molar-refractivity contribution in [2.45, 2.75) is 25.9 Å². The highest BCUT2D eigenvalue weighted by molar-refractivity contribution is 5.82. The Morgan fingerprint density at radius 2 is 2.26 bits per heavy atom. The number of carbonyl (C=O) groups is 1. The van der Waals surface area contributed by atoms with Crippen LogP contribution in [0.1, 0.15) is 17.5 Å². The van der Waals surface area contributed by atoms with E-state index in [2.05, 4.69) is 5.32 Å². The normalized spacial score (nSPS) is 20.3. The van der Waals surface area contributed by atoms with Gasteiger partial charge in [0.25, 0.3) is 0 Å². The van der Waals surface area contributed by atoms with Gasteiger partial charge in [-0.05, 0) is 19.4 Å². The maximum atomic E-state index is 11.8. The van der Waals surface area contributed by atoms with Crippen LogP contribution in [0.4, 0.5) is 0 Å². The number of piperazine rings is 1. The van der Waals surface area contributed by atoms with Crippen LogP contribution in [0.2, 0.25) is 0 Å². The number of hydrogen-bond acceptors (Lipinski definition) is 4. The van der Waals surface area contributed by atoms with Crippen molar-refractivity contribution in [1.82, 2.24) is 10.2 Å². The number of aliphatic hydroxyl groups is 1. The van der Waals surface area contributed by atoms with Crippen LogP contribution in [-0.4, -0.2) is 46.8 Å². The number of carbonyl (C=O) groups excluding carboxylic acids is 1. The number of aromatic hydroxyl groups is 1. The molecule has 1 atom stereocenters. The predicted molar refractivity (Wildman–Crippen MR) is 71.8 cm³/mol. The number of amides is 1. The number of rotatable bonds is 4. The van der Waals surface area contributed by atoms with Gasteiger partial charge in [0.05, 0.1) is 6.04 Å². The SMILES string of the molecule is Cc1ccc(O)c(CN2CCNC(=O)[C@H]2CCO)c1. The number of nitrogens with one attached hydrogen (secondary N) is 1. The third-order valence-corrected chi connectivity index (χ3v) is 3.45. The average Bonchev–Trinajstić information content (AvgIpc) is 2.38. The van der Waals surface area contributed by atoms with Crippen molar-refractivity contribution >= 4 is 5.91 Å². The Kier molecular flexibility index (Phi) is 4.39. The second kappa shape index (κ2) is 6.04. The first-order valence-corrected chi connectivity index (χ1v) is 6.53. The molecule has 0 bridgehead atoms. The summed E-state index contributed by atoms with van der Waals surface area (Å²) in [7, 11) is 0. The highest BCUT2D eigenvalue weighted by atomic mass is 16.3. The molecule has 1 fully saturated rings. The Bertz CT molecular complexity index is 462. The smallest absolute Gasteiger partial charge is 0.237 e. The lowest BCUT2D eigenvalue weighted by Gasteiger charge is -2.34. The van der Waals surface area contributed by atoms with Gasteiger partial charge in [-0.15, -0.1) is 0 Å². The molecule has 1 amide bonds. The van der Waals surface area contributed by atoms with E-state index in [0.29, 0.717) is 19.5 Å². The zero-order valence-corrected chi connectivity index (χ0v) is 11.1. The van der Waals surface area contributed by atoms with Gasteiger partial charge in [-0.3, -0.25) is 9.69 Å². The van der Waals surface area contributed by atoms with E-state index in [1.54, 1.807) is 6.07 Å². The fourth-order valence-electron chi connectivity index (χ4n) is 2.45. The minimum absolute atomic E-state index is 0.0195. The molecule has 0 saturated carbocycles. The van der Waals surface area contributed by atoms with Crippen LogP contribution in [0, 0.1) is 6.92 Å². The van der Waals surface area contributed by atoms with Crippen LogP contribution in [0.15, 0.2) is 18.2 Å². The fraction of sp³-hybridized carbons (Fsp3) is 0.500. The number of aliphatic hydroxyl groups excluding tert-OH is 1. The quantitative estimate of drug-likeness (QED) is 0.735. The Morgan fingerprint density at radius 1 is 1.47 bits per heavy atom. The van der Waals surface area contributed by atoms with Crippen LogP contribution in [0.25, 0.3) is 0 Å². The maximum Gasteiger partial charge on any atom is 0.237 e. The molecular weight excluding hydrogens is 244 g/mol. The molecule has 19 heavy (non-hydrogen) atoms. The molecule has 1 saturated heterocycles. The Hall–Kier alpha value is -1.59. The monoisotopic (exact) mass is 264 g/mol. The largest absolute Gasteiger partial charge is 0.508 e. The first kappa shape index (κ1) is 13.8. The van der Waals surface area contributed by atoms with Crippen LogP contribution < -0.4 is 5.32 Å². The Balaban J connectivity index is 2.15. The summed E-state index contributed by atoms with van der Waals surface area (Å²) in [6.07, 6.45) is 0.415. The molecule has 2 rings (SSSR count). The second-order valence-corrected chi connectivity index (χ2v) is 4.92. The third kappa shape index (κ3) is 3.24. The molecule has 1 aromatic rings. The third-order valence-electron chi connectivity index (χ3n) is 3.45. The standard InChI is InChI=1S/C14H20N2O3/c1-10-2-3-13(18)11(8-10)9-16-6-5-15-14(19)12(16)4-7-17/h2-3,8,12,17-18H,4-7,9H2,1H3,(H,15,19)/t12-/m1/s1. The summed E-state index contributed by atoms with van der Waals surface area (Å²) in [5.41, 5.74) is 1.89. The number of benzene rings is 1. The molecule has 104 valence electrons. The molecule has 0 aromatic heterocycles. The van der Waals surface area contributed by atoms with Crippen LogP contribution >= 0.6 is 0 Å². The molecule has 0 spiro atoms. The molecule has 1 aliphatic rings. The number of phenols is 1. The summed E-state index contributed by atoms with van der Waals surface area (Å²) >= 11 is 0. The first-order chi connectivity index (χ1) is 9.11. The summed E-state index contributed by atoms with van der Waals surface area (Å²) in [5, 5.41) is 21.7. The minimum Gasteiger partial charge on any atom is -0.508 e. The number of phenolic OH excluding ortho intramolecular Hbond substituents is 1. The van der Waals surface area contributed by atoms with Gasteiger partial charge in [-0.2, -0.15) is 0 Å². The lowest BCUT2D eigenvalue weighted by molar-refractivity contribution is -0.130. The second-order valence-electron chi connectivity index (χ2n) is 4.92. The van der Waals surface area contributed by atoms with Gasteiger partial charge in [-0.25, -0.2) is 0 Å². The summed E-state index contributed by atoms with van der Waals surface area (Å²) < 4.78 is 0. The van der Waals surface area contributed by atoms with Gasteiger partial charge in [0.15, 0.2) is 0 Å². The molecule has 3 N–H and O–H groups in total. The highest BCUT2D eigenvalue weighted by Gasteiger charge is 2.29. The summed E-state index contributed by atoms with van der Waals surface area (Å²) in [4.78, 5) is 13.8. The molecule has 5 heteroatoms. The van der Waals surface area contributed by atoms with Gasteiger partial charge in [0, 0.05) is 31.8 Å². The molecule has 1 aliphatic heterocycles. The molecular formula is C14H20N2O3. The van der Waals surface area contributed by atoms with E-state index >= 15 is 0 Å². The molecule has 1 aromatic carbocycles. The molecule has 0 radical (unpaired) electrons. The lowest BCUT2D eigenvalue weighted by Crippen LogP contribution is -2.55. The van der Waals surface area contributed by atoms with Crippen molar-refractivity contribution in [1.29, 1.82) is 0 Å². The van der Waals surface area contributed by atoms with Crippen molar-refractivity contribution in [2.75, 3.05) is 19.7 Å². The van der Waals surface area contributed by atoms with E-state index in [4.69, 9.17) is 5.11 Å². The van der Waals surface area contributed by atoms with Gasteiger partial charge in [0.1, 0.15) is 5.75 Å². The molecule has 0 unspecified atom stereocenters. The predicted octanol–water partition coefficient (Wildman–Crippen LogP) is 0.383. The Labute approximate surface area is 112 Å². The minimum atomic E-state index is -0.321. The van der Waals surface area contributed by atoms with Crippen LogP contribution in [0.5, 0.6) is 5.75 Å². The van der Waals surface area contributed by atoms with Crippen LogP contribution in [-0.2, 0) is 11.3 Å². The van der Waals surface area contributed by atoms with Gasteiger partial charge in [0.2, 0.25) is 5.91 Å². The van der Waals surface area contributed by atoms with E-state index in [0.717, 1.165) is 17.7 Å². The van der Waals surface area contributed by atoms with E-state index in [1.165, 1.54) is 0 Å². The molecule has 0 aliphatic carbocycles. The topological polar surface area (TPSA) is 72.8 Å². The van der Waals surface area contributed by atoms with Crippen LogP contribution in [0.3, 0.4) is 0 Å². The van der Waals surface area contributed by atoms with E-state index in [-0.39, 0.29) is 24.3 Å². The summed E-state index contributed by atoms with van der Waals surface area (Å²) in [6, 6.07) is 5.14. The number of hydrogen-bond donors (Lipinski definition) is 3. The number of aryl methyl sites for hydroxylation is 1. The van der Waals surface area contributed by atoms with E-state index in [9.17, 15) is 9.90 Å². The first-order valence-electron chi connectivity index (χ1n) is 6.53. The van der Waals surface area contributed by atoms with Gasteiger partial charge < -0.3 is 15.5 Å². The Morgan fingerprint density at radius 3 is 3.00 bits per heavy atom. The average molecular weight is 264 g/mol. The summed E-state index contributed by atoms with van der Waals surface area (Å²) in [5.74, 6) is 0.201. The van der Waals surface area contributed by atoms with Gasteiger partial charge >= 0.3 is 0 Å². The van der Waals surface area contributed by atoms with Crippen molar-refractivity contribution in [3.63, 3.8) is 0 Å². The zero-order chi connectivity index (χ0) is 13.8. The zero-order valence-electron chi connectivity index (χ0n) is 11.1. The van der Waals surface area contributed by atoms with Crippen molar-refractivity contribution < 1.29 is 15.0 Å². The van der Waals surface area contributed by atoms with Gasteiger partial charge in [-0.1, -0.05) is 17.7 Å². The van der Waals surface area contributed by atoms with E-state index < -0.39 is 0 Å². The summed E-state index contributed by atoms with van der Waals surface area (Å²) in [6.45, 7) is 3.80. The van der Waals surface area contributed by atoms with Crippen molar-refractivity contribution in [3.8, 4) is 5.75 Å². The molecule has 5 nitrogen and oxygen atoms in total. The maximum absolute atomic E-state index is 11.8. The van der Waals surface area contributed by atoms with E-state index in [1.807, 2.05) is 24.0 Å². The lowest BCUT2D eigenvalue weighted by atomic mass is 10.1. The highest BCUT2D eigenvalue weighted by Crippen LogP contribution is 2.22. The van der Waals surface area contributed by atoms with Crippen molar-refractivity contribution in [3.05, 3.63) is 29.3 Å². The molecule has 1 heterocycles. The number of nitrogens with zero attached hydrogens (tertiary/aromatic N) is 1. The van der Waals surface area contributed by atoms with Crippen molar-refractivity contribution in [2.24, 2.45) is 0 Å².